The molecule has 2 heterocycles. The number of carbonyl (C=O) groups excluding carboxylic acids is 1. The largest absolute Gasteiger partial charge is 0.493 e. The number of ether oxygens (including phenoxy) is 1. The van der Waals surface area contributed by atoms with Gasteiger partial charge < -0.3 is 4.74 Å². The van der Waals surface area contributed by atoms with Gasteiger partial charge in [-0.15, -0.1) is 0 Å². The summed E-state index contributed by atoms with van der Waals surface area (Å²) in [6.45, 7) is 0. The number of hydrogen-bond donors (Lipinski definition) is 0. The zero-order valence-corrected chi connectivity index (χ0v) is 8.98. The molecule has 7 heteroatoms. The third-order valence-corrected chi connectivity index (χ3v) is 2.41. The summed E-state index contributed by atoms with van der Waals surface area (Å²) in [6.07, 6.45) is 2.92. The first-order valence-electron chi connectivity index (χ1n) is 4.12. The summed E-state index contributed by atoms with van der Waals surface area (Å²) in [5, 5.41) is 3.94. The van der Waals surface area contributed by atoms with Crippen molar-refractivity contribution in [2.24, 2.45) is 7.05 Å². The van der Waals surface area contributed by atoms with E-state index in [0.29, 0.717) is 17.1 Å². The van der Waals surface area contributed by atoms with E-state index in [9.17, 15) is 4.79 Å². The summed E-state index contributed by atoms with van der Waals surface area (Å²) in [5.74, 6) is 0.205. The fourth-order valence-corrected chi connectivity index (χ4v) is 1.62. The Morgan fingerprint density at radius 3 is 2.93 bits per heavy atom. The number of hydrogen-bond acceptors (Lipinski definition) is 6. The topological polar surface area (TPSA) is 69.9 Å². The van der Waals surface area contributed by atoms with E-state index in [1.54, 1.807) is 7.05 Å². The van der Waals surface area contributed by atoms with Gasteiger partial charge in [-0.25, -0.2) is 0 Å². The molecule has 2 aromatic rings. The predicted molar refractivity (Wildman–Crippen MR) is 53.1 cm³/mol. The molecule has 0 saturated heterocycles. The molecule has 2 aromatic heterocycles. The molecule has 0 spiro atoms. The van der Waals surface area contributed by atoms with Gasteiger partial charge in [-0.1, -0.05) is 0 Å². The van der Waals surface area contributed by atoms with E-state index >= 15 is 0 Å². The van der Waals surface area contributed by atoms with Crippen LogP contribution in [0.5, 0.6) is 5.75 Å². The molecule has 15 heavy (non-hydrogen) atoms. The van der Waals surface area contributed by atoms with Crippen LogP contribution in [-0.2, 0) is 7.05 Å². The molecule has 0 unspecified atom stereocenters. The van der Waals surface area contributed by atoms with E-state index in [1.165, 1.54) is 24.2 Å². The summed E-state index contributed by atoms with van der Waals surface area (Å²) in [5.41, 5.74) is 0.687. The molecule has 0 bridgehead atoms. The monoisotopic (exact) mass is 224 g/mol. The summed E-state index contributed by atoms with van der Waals surface area (Å²) >= 11 is 0.993. The van der Waals surface area contributed by atoms with E-state index in [4.69, 9.17) is 4.74 Å². The van der Waals surface area contributed by atoms with E-state index in [2.05, 4.69) is 13.8 Å². The van der Waals surface area contributed by atoms with Crippen molar-refractivity contribution in [1.29, 1.82) is 0 Å². The first kappa shape index (κ1) is 9.78. The lowest BCUT2D eigenvalue weighted by Gasteiger charge is -2.01. The third kappa shape index (κ3) is 1.61. The molecule has 0 aliphatic rings. The maximum absolute atomic E-state index is 11.9. The molecule has 2 rings (SSSR count). The lowest BCUT2D eigenvalue weighted by atomic mass is 10.2. The van der Waals surface area contributed by atoms with Crippen molar-refractivity contribution < 1.29 is 9.53 Å². The second kappa shape index (κ2) is 3.77. The number of nitrogens with zero attached hydrogens (tertiary/aromatic N) is 4. The zero-order valence-electron chi connectivity index (χ0n) is 8.17. The van der Waals surface area contributed by atoms with Crippen molar-refractivity contribution in [3.05, 3.63) is 23.8 Å². The van der Waals surface area contributed by atoms with Crippen molar-refractivity contribution in [1.82, 2.24) is 18.5 Å². The van der Waals surface area contributed by atoms with Crippen molar-refractivity contribution in [2.45, 2.75) is 0 Å². The molecule has 6 nitrogen and oxygen atoms in total. The van der Waals surface area contributed by atoms with Crippen LogP contribution >= 0.6 is 11.7 Å². The zero-order chi connectivity index (χ0) is 10.8. The van der Waals surface area contributed by atoms with Crippen molar-refractivity contribution >= 4 is 17.5 Å². The predicted octanol–water partition coefficient (Wildman–Crippen LogP) is 0.511. The molecular formula is C8H8N4O2S. The van der Waals surface area contributed by atoms with Gasteiger partial charge in [0.1, 0.15) is 5.69 Å². The van der Waals surface area contributed by atoms with E-state index < -0.39 is 0 Å². The standard InChI is InChI=1S/C8H8N4O2S/c1-12-7(6(14-2)4-9-12)8(13)5-3-10-15-11-5/h3-4H,1-2H3. The smallest absolute Gasteiger partial charge is 0.235 e. The van der Waals surface area contributed by atoms with E-state index in [0.717, 1.165) is 11.7 Å². The number of aromatic nitrogens is 4. The van der Waals surface area contributed by atoms with Crippen LogP contribution in [0, 0.1) is 0 Å². The Balaban J connectivity index is 2.45. The molecule has 0 aliphatic carbocycles. The van der Waals surface area contributed by atoms with Gasteiger partial charge in [0.25, 0.3) is 0 Å². The van der Waals surface area contributed by atoms with Gasteiger partial charge in [-0.05, 0) is 0 Å². The number of carbonyl (C=O) groups is 1. The highest BCUT2D eigenvalue weighted by Gasteiger charge is 2.21. The third-order valence-electron chi connectivity index (χ3n) is 1.93. The summed E-state index contributed by atoms with van der Waals surface area (Å²) in [7, 11) is 3.17. The van der Waals surface area contributed by atoms with Crippen LogP contribution in [0.2, 0.25) is 0 Å². The number of methoxy groups -OCH3 is 1. The SMILES string of the molecule is COc1cnn(C)c1C(=O)c1cnsn1. The Labute approximate surface area is 89.8 Å². The van der Waals surface area contributed by atoms with Crippen LogP contribution in [0.15, 0.2) is 12.4 Å². The van der Waals surface area contributed by atoms with Gasteiger partial charge in [0, 0.05) is 7.05 Å². The number of ketones is 1. The van der Waals surface area contributed by atoms with Crippen LogP contribution in [0.1, 0.15) is 16.2 Å². The van der Waals surface area contributed by atoms with Crippen molar-refractivity contribution in [3.8, 4) is 5.75 Å². The molecule has 0 radical (unpaired) electrons. The Bertz CT molecular complexity index is 477. The van der Waals surface area contributed by atoms with Crippen LogP contribution < -0.4 is 4.74 Å². The first-order valence-corrected chi connectivity index (χ1v) is 4.85. The van der Waals surface area contributed by atoms with Crippen LogP contribution in [0.3, 0.4) is 0 Å². The molecule has 0 N–H and O–H groups in total. The van der Waals surface area contributed by atoms with Crippen molar-refractivity contribution in [2.75, 3.05) is 7.11 Å². The van der Waals surface area contributed by atoms with Crippen LogP contribution in [-0.4, -0.2) is 31.4 Å². The molecule has 0 atom stereocenters. The summed E-state index contributed by atoms with van der Waals surface area (Å²) in [4.78, 5) is 11.9. The maximum Gasteiger partial charge on any atom is 0.235 e. The lowest BCUT2D eigenvalue weighted by molar-refractivity contribution is 0.102. The molecule has 78 valence electrons. The maximum atomic E-state index is 11.9. The lowest BCUT2D eigenvalue weighted by Crippen LogP contribution is -2.09. The second-order valence-corrected chi connectivity index (χ2v) is 3.36. The van der Waals surface area contributed by atoms with Crippen molar-refractivity contribution in [3.63, 3.8) is 0 Å². The molecular weight excluding hydrogens is 216 g/mol. The average Bonchev–Trinajstić information content (AvgIpc) is 2.85. The minimum Gasteiger partial charge on any atom is -0.493 e. The molecule has 0 saturated carbocycles. The van der Waals surface area contributed by atoms with E-state index in [1.807, 2.05) is 0 Å². The van der Waals surface area contributed by atoms with Crippen LogP contribution in [0.4, 0.5) is 0 Å². The molecule has 0 fully saturated rings. The molecule has 0 aliphatic heterocycles. The van der Waals surface area contributed by atoms with Gasteiger partial charge in [0.05, 0.1) is 31.2 Å². The molecule has 0 amide bonds. The normalized spacial score (nSPS) is 10.3. The highest BCUT2D eigenvalue weighted by Crippen LogP contribution is 2.19. The highest BCUT2D eigenvalue weighted by atomic mass is 32.1. The fraction of sp³-hybridized carbons (Fsp3) is 0.250. The Hall–Kier alpha value is -1.76. The second-order valence-electron chi connectivity index (χ2n) is 2.81. The first-order chi connectivity index (χ1) is 7.24. The number of aryl methyl sites for hydroxylation is 1. The minimum absolute atomic E-state index is 0.236. The van der Waals surface area contributed by atoms with Gasteiger partial charge in [-0.2, -0.15) is 13.8 Å². The Kier molecular flexibility index (Phi) is 2.46. The average molecular weight is 224 g/mol. The number of rotatable bonds is 3. The van der Waals surface area contributed by atoms with Crippen LogP contribution in [0.25, 0.3) is 0 Å². The Morgan fingerprint density at radius 2 is 2.33 bits per heavy atom. The highest BCUT2D eigenvalue weighted by molar-refractivity contribution is 6.99. The minimum atomic E-state index is -0.236. The van der Waals surface area contributed by atoms with E-state index in [-0.39, 0.29) is 5.78 Å². The quantitative estimate of drug-likeness (QED) is 0.710. The van der Waals surface area contributed by atoms with Gasteiger partial charge in [-0.3, -0.25) is 9.48 Å². The Morgan fingerprint density at radius 1 is 1.53 bits per heavy atom. The summed E-state index contributed by atoms with van der Waals surface area (Å²) < 4.78 is 14.1. The fourth-order valence-electron chi connectivity index (χ4n) is 1.21. The van der Waals surface area contributed by atoms with Gasteiger partial charge >= 0.3 is 0 Å². The van der Waals surface area contributed by atoms with Gasteiger partial charge in [0.15, 0.2) is 11.4 Å². The summed E-state index contributed by atoms with van der Waals surface area (Å²) in [6, 6.07) is 0. The molecule has 0 aromatic carbocycles. The van der Waals surface area contributed by atoms with Gasteiger partial charge in [0.2, 0.25) is 5.78 Å².